The summed E-state index contributed by atoms with van der Waals surface area (Å²) in [5.41, 5.74) is 0. The fourth-order valence-corrected chi connectivity index (χ4v) is 6.58. The van der Waals surface area contributed by atoms with Crippen molar-refractivity contribution >= 4 is 22.0 Å². The zero-order valence-corrected chi connectivity index (χ0v) is 15.2. The number of rotatable bonds is 3. The van der Waals surface area contributed by atoms with Crippen LogP contribution in [0.2, 0.25) is 14.8 Å². The molecule has 3 heteroatoms. The molecule has 3 aliphatic rings. The van der Waals surface area contributed by atoms with Gasteiger partial charge < -0.3 is 0 Å². The van der Waals surface area contributed by atoms with Gasteiger partial charge in [0, 0.05) is 0 Å². The number of ether oxygens (including phenoxy) is 1. The van der Waals surface area contributed by atoms with Gasteiger partial charge >= 0.3 is 121 Å². The Balaban J connectivity index is 1.67. The van der Waals surface area contributed by atoms with E-state index < -0.39 is 18.4 Å². The van der Waals surface area contributed by atoms with Crippen LogP contribution in [-0.4, -0.2) is 49.0 Å². The average molecular weight is 366 g/mol. The molecule has 4 rings (SSSR count). The van der Waals surface area contributed by atoms with Crippen molar-refractivity contribution in [3.8, 4) is 5.75 Å². The van der Waals surface area contributed by atoms with Gasteiger partial charge in [-0.2, -0.15) is 0 Å². The normalized spacial score (nSPS) is 30.4. The van der Waals surface area contributed by atoms with Crippen LogP contribution in [0.15, 0.2) is 24.3 Å². The van der Waals surface area contributed by atoms with E-state index in [0.717, 1.165) is 18.2 Å². The Hall–Kier alpha value is -0.221. The van der Waals surface area contributed by atoms with E-state index >= 15 is 0 Å². The van der Waals surface area contributed by atoms with E-state index in [1.807, 2.05) is 0 Å². The van der Waals surface area contributed by atoms with Crippen LogP contribution in [0, 0.1) is 5.92 Å². The SMILES string of the molecule is [CH3][Sn]([CH3])([CH3])[c]1ccc(O[C@@H]2CN3CCC2CC3)cc1. The first-order valence-corrected chi connectivity index (χ1v) is 17.5. The fraction of sp³-hybridized carbons (Fsp3) is 0.625. The molecule has 0 amide bonds. The molecule has 0 spiro atoms. The number of fused-ring (bicyclic) bond motifs is 3. The summed E-state index contributed by atoms with van der Waals surface area (Å²) in [7, 11) is 0. The quantitative estimate of drug-likeness (QED) is 0.763. The summed E-state index contributed by atoms with van der Waals surface area (Å²) >= 11 is -1.90. The Labute approximate surface area is 121 Å². The first-order valence-electron chi connectivity index (χ1n) is 7.52. The number of piperidine rings is 3. The summed E-state index contributed by atoms with van der Waals surface area (Å²) in [5.74, 6) is 1.85. The molecule has 0 aromatic heterocycles. The van der Waals surface area contributed by atoms with Gasteiger partial charge in [0.1, 0.15) is 0 Å². The van der Waals surface area contributed by atoms with Crippen LogP contribution in [-0.2, 0) is 0 Å². The van der Waals surface area contributed by atoms with Gasteiger partial charge in [-0.1, -0.05) is 0 Å². The summed E-state index contributed by atoms with van der Waals surface area (Å²) < 4.78 is 7.82. The van der Waals surface area contributed by atoms with Crippen LogP contribution in [0.3, 0.4) is 0 Å². The van der Waals surface area contributed by atoms with Crippen LogP contribution in [0.4, 0.5) is 0 Å². The Morgan fingerprint density at radius 2 is 1.68 bits per heavy atom. The minimum absolute atomic E-state index is 0.423. The van der Waals surface area contributed by atoms with Gasteiger partial charge in [-0.25, -0.2) is 0 Å². The molecule has 3 saturated heterocycles. The predicted molar refractivity (Wildman–Crippen MR) is 83.0 cm³/mol. The van der Waals surface area contributed by atoms with Crippen LogP contribution in [0.25, 0.3) is 0 Å². The minimum atomic E-state index is -1.90. The Kier molecular flexibility index (Phi) is 3.82. The molecule has 0 saturated carbocycles. The van der Waals surface area contributed by atoms with Crippen molar-refractivity contribution < 1.29 is 4.74 Å². The molecule has 104 valence electrons. The molecule has 0 N–H and O–H groups in total. The Morgan fingerprint density at radius 3 is 2.16 bits per heavy atom. The molecule has 0 aliphatic carbocycles. The van der Waals surface area contributed by atoms with E-state index in [-0.39, 0.29) is 0 Å². The molecule has 2 bridgehead atoms. The third-order valence-electron chi connectivity index (χ3n) is 4.60. The van der Waals surface area contributed by atoms with Crippen LogP contribution in [0.1, 0.15) is 12.8 Å². The molecule has 3 aliphatic heterocycles. The molecule has 3 heterocycles. The van der Waals surface area contributed by atoms with E-state index in [0.29, 0.717) is 6.10 Å². The van der Waals surface area contributed by atoms with Crippen LogP contribution < -0.4 is 8.32 Å². The maximum atomic E-state index is 6.24. The third-order valence-corrected chi connectivity index (χ3v) is 10.5. The van der Waals surface area contributed by atoms with Crippen molar-refractivity contribution in [3.63, 3.8) is 0 Å². The van der Waals surface area contributed by atoms with E-state index in [4.69, 9.17) is 4.74 Å². The standard InChI is InChI=1S/C13H16NO.3CH3.Sn/c1-2-4-12(5-3-1)15-13-10-14-8-6-11(13)7-9-14;;;;/h2-5,11,13H,6-10H2;3*1H3;/t13-;;;;/m1..../s1. The summed E-state index contributed by atoms with van der Waals surface area (Å²) in [5, 5.41) is 0. The second-order valence-electron chi connectivity index (χ2n) is 7.07. The van der Waals surface area contributed by atoms with Crippen molar-refractivity contribution in [3.05, 3.63) is 24.3 Å². The summed E-state index contributed by atoms with van der Waals surface area (Å²) in [4.78, 5) is 9.92. The monoisotopic (exact) mass is 367 g/mol. The van der Waals surface area contributed by atoms with Crippen molar-refractivity contribution in [1.82, 2.24) is 4.90 Å². The number of nitrogens with zero attached hydrogens (tertiary/aromatic N) is 1. The fourth-order valence-electron chi connectivity index (χ4n) is 3.25. The van der Waals surface area contributed by atoms with Crippen molar-refractivity contribution in [1.29, 1.82) is 0 Å². The second-order valence-corrected chi connectivity index (χ2v) is 21.6. The first-order chi connectivity index (χ1) is 9.02. The zero-order chi connectivity index (χ0) is 13.5. The van der Waals surface area contributed by atoms with E-state index in [2.05, 4.69) is 44.0 Å². The third kappa shape index (κ3) is 3.10. The molecule has 1 aromatic rings. The predicted octanol–water partition coefficient (Wildman–Crippen LogP) is 2.70. The molecule has 1 atom stereocenters. The van der Waals surface area contributed by atoms with Gasteiger partial charge in [0.05, 0.1) is 0 Å². The van der Waals surface area contributed by atoms with Gasteiger partial charge in [0.2, 0.25) is 0 Å². The number of hydrogen-bond donors (Lipinski definition) is 0. The molecule has 1 aromatic carbocycles. The summed E-state index contributed by atoms with van der Waals surface area (Å²) in [6.45, 7) is 3.69. The van der Waals surface area contributed by atoms with E-state index in [9.17, 15) is 0 Å². The van der Waals surface area contributed by atoms with Gasteiger partial charge in [-0.3, -0.25) is 0 Å². The van der Waals surface area contributed by atoms with Gasteiger partial charge in [0.15, 0.2) is 0 Å². The van der Waals surface area contributed by atoms with Crippen molar-refractivity contribution in [2.24, 2.45) is 5.92 Å². The number of hydrogen-bond acceptors (Lipinski definition) is 2. The van der Waals surface area contributed by atoms with Gasteiger partial charge in [-0.15, -0.1) is 0 Å². The van der Waals surface area contributed by atoms with Crippen molar-refractivity contribution in [2.75, 3.05) is 19.6 Å². The Morgan fingerprint density at radius 1 is 1.05 bits per heavy atom. The summed E-state index contributed by atoms with van der Waals surface area (Å²) in [6.07, 6.45) is 3.06. The summed E-state index contributed by atoms with van der Waals surface area (Å²) in [6, 6.07) is 8.98. The average Bonchev–Trinajstić information content (AvgIpc) is 2.40. The van der Waals surface area contributed by atoms with Crippen LogP contribution >= 0.6 is 0 Å². The molecular weight excluding hydrogens is 341 g/mol. The molecule has 19 heavy (non-hydrogen) atoms. The van der Waals surface area contributed by atoms with Gasteiger partial charge in [-0.05, 0) is 0 Å². The van der Waals surface area contributed by atoms with Crippen molar-refractivity contribution in [2.45, 2.75) is 33.8 Å². The molecule has 0 radical (unpaired) electrons. The molecule has 2 nitrogen and oxygen atoms in total. The van der Waals surface area contributed by atoms with E-state index in [1.54, 1.807) is 3.58 Å². The molecule has 3 fully saturated rings. The van der Waals surface area contributed by atoms with Gasteiger partial charge in [0.25, 0.3) is 0 Å². The second kappa shape index (κ2) is 5.28. The maximum absolute atomic E-state index is 6.24. The first kappa shape index (κ1) is 13.7. The molecular formula is C16H25NOSn. The zero-order valence-electron chi connectivity index (χ0n) is 12.4. The molecule has 0 unspecified atom stereocenters. The van der Waals surface area contributed by atoms with E-state index in [1.165, 1.54) is 25.9 Å². The topological polar surface area (TPSA) is 12.5 Å². The Bertz CT molecular complexity index is 429. The number of benzene rings is 1. The van der Waals surface area contributed by atoms with Crippen LogP contribution in [0.5, 0.6) is 5.75 Å².